The highest BCUT2D eigenvalue weighted by atomic mass is 35.5. The Labute approximate surface area is 158 Å². The molecule has 3 N–H and O–H groups in total. The largest absolute Gasteiger partial charge is 0.454 e. The third kappa shape index (κ3) is 3.73. The van der Waals surface area contributed by atoms with Gasteiger partial charge in [-0.15, -0.1) is 12.4 Å². The van der Waals surface area contributed by atoms with E-state index in [0.717, 1.165) is 19.3 Å². The summed E-state index contributed by atoms with van der Waals surface area (Å²) in [5, 5.41) is 2.92. The number of amides is 2. The predicted molar refractivity (Wildman–Crippen MR) is 97.6 cm³/mol. The van der Waals surface area contributed by atoms with Crippen molar-refractivity contribution in [1.82, 2.24) is 10.2 Å². The van der Waals surface area contributed by atoms with Crippen molar-refractivity contribution < 1.29 is 19.1 Å². The Morgan fingerprint density at radius 3 is 2.77 bits per heavy atom. The lowest BCUT2D eigenvalue weighted by Crippen LogP contribution is -2.48. The van der Waals surface area contributed by atoms with Gasteiger partial charge in [0.1, 0.15) is 6.04 Å². The molecule has 2 amide bonds. The molecule has 26 heavy (non-hydrogen) atoms. The van der Waals surface area contributed by atoms with E-state index < -0.39 is 6.04 Å². The number of likely N-dealkylation sites (tertiary alicyclic amines) is 1. The summed E-state index contributed by atoms with van der Waals surface area (Å²) in [7, 11) is 0. The number of carbonyl (C=O) groups excluding carboxylic acids is 2. The highest BCUT2D eigenvalue weighted by molar-refractivity contribution is 5.98. The van der Waals surface area contributed by atoms with Crippen LogP contribution < -0.4 is 20.5 Å². The number of hydrogen-bond acceptors (Lipinski definition) is 5. The van der Waals surface area contributed by atoms with E-state index in [9.17, 15) is 9.59 Å². The van der Waals surface area contributed by atoms with Crippen molar-refractivity contribution >= 4 is 24.2 Å². The topological polar surface area (TPSA) is 93.9 Å². The highest BCUT2D eigenvalue weighted by Gasteiger charge is 2.36. The molecule has 4 rings (SSSR count). The average Bonchev–Trinajstić information content (AvgIpc) is 3.18. The van der Waals surface area contributed by atoms with Crippen molar-refractivity contribution in [2.45, 2.75) is 37.8 Å². The van der Waals surface area contributed by atoms with Gasteiger partial charge in [0.15, 0.2) is 11.5 Å². The molecule has 1 aromatic rings. The monoisotopic (exact) mass is 381 g/mol. The summed E-state index contributed by atoms with van der Waals surface area (Å²) in [6.07, 6.45) is 3.80. The lowest BCUT2D eigenvalue weighted by molar-refractivity contribution is -0.124. The number of carbonyl (C=O) groups is 2. The number of nitrogens with one attached hydrogen (secondary N) is 1. The van der Waals surface area contributed by atoms with Gasteiger partial charge in [-0.3, -0.25) is 9.59 Å². The quantitative estimate of drug-likeness (QED) is 0.801. The number of benzene rings is 1. The normalized spacial score (nSPS) is 21.9. The molecular weight excluding hydrogens is 358 g/mol. The number of ether oxygens (including phenoxy) is 2. The molecule has 2 aliphatic heterocycles. The number of fused-ring (bicyclic) bond motifs is 1. The summed E-state index contributed by atoms with van der Waals surface area (Å²) in [4.78, 5) is 27.0. The third-order valence-corrected chi connectivity index (χ3v) is 5.18. The van der Waals surface area contributed by atoms with E-state index in [1.54, 1.807) is 23.1 Å². The molecule has 1 aliphatic carbocycles. The van der Waals surface area contributed by atoms with E-state index in [4.69, 9.17) is 15.2 Å². The molecule has 0 bridgehead atoms. The van der Waals surface area contributed by atoms with Crippen LogP contribution in [0.5, 0.6) is 11.5 Å². The van der Waals surface area contributed by atoms with Crippen molar-refractivity contribution in [1.29, 1.82) is 0 Å². The molecule has 0 spiro atoms. The van der Waals surface area contributed by atoms with Gasteiger partial charge in [-0.05, 0) is 49.8 Å². The molecule has 142 valence electrons. The van der Waals surface area contributed by atoms with Gasteiger partial charge in [-0.25, -0.2) is 0 Å². The van der Waals surface area contributed by atoms with E-state index in [1.807, 2.05) is 0 Å². The van der Waals surface area contributed by atoms with Crippen LogP contribution in [0.25, 0.3) is 0 Å². The first-order valence-electron chi connectivity index (χ1n) is 8.87. The second-order valence-electron chi connectivity index (χ2n) is 6.97. The molecule has 2 atom stereocenters. The molecule has 1 aromatic carbocycles. The molecule has 3 aliphatic rings. The Bertz CT molecular complexity index is 695. The van der Waals surface area contributed by atoms with Gasteiger partial charge < -0.3 is 25.4 Å². The zero-order chi connectivity index (χ0) is 17.4. The van der Waals surface area contributed by atoms with Crippen LogP contribution in [-0.4, -0.2) is 48.7 Å². The van der Waals surface area contributed by atoms with E-state index in [2.05, 4.69) is 5.32 Å². The highest BCUT2D eigenvalue weighted by Crippen LogP contribution is 2.33. The summed E-state index contributed by atoms with van der Waals surface area (Å²) in [5.74, 6) is 1.49. The second kappa shape index (κ2) is 7.72. The van der Waals surface area contributed by atoms with Crippen LogP contribution >= 0.6 is 12.4 Å². The summed E-state index contributed by atoms with van der Waals surface area (Å²) >= 11 is 0. The summed E-state index contributed by atoms with van der Waals surface area (Å²) in [6.45, 7) is 1.23. The van der Waals surface area contributed by atoms with Crippen LogP contribution in [0, 0.1) is 5.92 Å². The molecule has 2 unspecified atom stereocenters. The second-order valence-corrected chi connectivity index (χ2v) is 6.97. The van der Waals surface area contributed by atoms with E-state index in [1.165, 1.54) is 0 Å². The van der Waals surface area contributed by atoms with Crippen molar-refractivity contribution in [3.8, 4) is 11.5 Å². The maximum absolute atomic E-state index is 12.8. The van der Waals surface area contributed by atoms with E-state index in [0.29, 0.717) is 42.5 Å². The van der Waals surface area contributed by atoms with Crippen molar-refractivity contribution in [2.75, 3.05) is 19.9 Å². The Morgan fingerprint density at radius 2 is 2.00 bits per heavy atom. The van der Waals surface area contributed by atoms with Gasteiger partial charge in [-0.2, -0.15) is 0 Å². The zero-order valence-electron chi connectivity index (χ0n) is 14.5. The minimum Gasteiger partial charge on any atom is -0.454 e. The molecule has 7 nitrogen and oxygen atoms in total. The molecule has 2 heterocycles. The number of nitrogens with zero attached hydrogens (tertiary/aromatic N) is 1. The Morgan fingerprint density at radius 1 is 1.23 bits per heavy atom. The van der Waals surface area contributed by atoms with Gasteiger partial charge in [0.05, 0.1) is 0 Å². The summed E-state index contributed by atoms with van der Waals surface area (Å²) in [5.41, 5.74) is 6.56. The smallest absolute Gasteiger partial charge is 0.254 e. The molecule has 0 aromatic heterocycles. The Hall–Kier alpha value is -1.99. The minimum atomic E-state index is -0.427. The van der Waals surface area contributed by atoms with Crippen molar-refractivity contribution in [3.05, 3.63) is 23.8 Å². The molecular formula is C18H24ClN3O4. The first-order chi connectivity index (χ1) is 12.1. The Kier molecular flexibility index (Phi) is 5.58. The van der Waals surface area contributed by atoms with Gasteiger partial charge in [0, 0.05) is 24.7 Å². The van der Waals surface area contributed by atoms with Crippen LogP contribution in [0.1, 0.15) is 36.0 Å². The molecule has 1 saturated carbocycles. The standard InChI is InChI=1S/C18H23N3O4.ClH/c19-13(11-3-4-11)9-20-17(22)14-2-1-7-21(14)18(23)12-5-6-15-16(8-12)25-10-24-15;/h5-6,8,11,13-14H,1-4,7,9-10,19H2,(H,20,22);1H. The van der Waals surface area contributed by atoms with Gasteiger partial charge in [-0.1, -0.05) is 0 Å². The third-order valence-electron chi connectivity index (χ3n) is 5.18. The minimum absolute atomic E-state index is 0. The predicted octanol–water partition coefficient (Wildman–Crippen LogP) is 1.30. The molecule has 2 fully saturated rings. The number of halogens is 1. The van der Waals surface area contributed by atoms with Crippen LogP contribution in [0.4, 0.5) is 0 Å². The number of nitrogens with two attached hydrogens (primary N) is 1. The SMILES string of the molecule is Cl.NC(CNC(=O)C1CCCN1C(=O)c1ccc2c(c1)OCO2)C1CC1. The Balaban J connectivity index is 0.00000196. The maximum atomic E-state index is 12.8. The van der Waals surface area contributed by atoms with Gasteiger partial charge in [0.25, 0.3) is 5.91 Å². The first kappa shape index (κ1) is 18.8. The molecule has 8 heteroatoms. The summed E-state index contributed by atoms with van der Waals surface area (Å²) in [6, 6.07) is 4.72. The fourth-order valence-corrected chi connectivity index (χ4v) is 3.51. The van der Waals surface area contributed by atoms with Gasteiger partial charge >= 0.3 is 0 Å². The van der Waals surface area contributed by atoms with Crippen molar-refractivity contribution in [2.24, 2.45) is 11.7 Å². The molecule has 1 saturated heterocycles. The summed E-state index contributed by atoms with van der Waals surface area (Å²) < 4.78 is 10.6. The van der Waals surface area contributed by atoms with E-state index >= 15 is 0 Å². The van der Waals surface area contributed by atoms with E-state index in [-0.39, 0.29) is 37.1 Å². The van der Waals surface area contributed by atoms with Crippen molar-refractivity contribution in [3.63, 3.8) is 0 Å². The maximum Gasteiger partial charge on any atom is 0.254 e. The first-order valence-corrected chi connectivity index (χ1v) is 8.87. The fourth-order valence-electron chi connectivity index (χ4n) is 3.51. The molecule has 0 radical (unpaired) electrons. The van der Waals surface area contributed by atoms with Crippen LogP contribution in [-0.2, 0) is 4.79 Å². The number of hydrogen-bond donors (Lipinski definition) is 2. The lowest BCUT2D eigenvalue weighted by Gasteiger charge is -2.24. The van der Waals surface area contributed by atoms with Crippen LogP contribution in [0.2, 0.25) is 0 Å². The van der Waals surface area contributed by atoms with Gasteiger partial charge in [0.2, 0.25) is 12.7 Å². The van der Waals surface area contributed by atoms with Crippen LogP contribution in [0.3, 0.4) is 0 Å². The van der Waals surface area contributed by atoms with Crippen LogP contribution in [0.15, 0.2) is 18.2 Å². The average molecular weight is 382 g/mol. The zero-order valence-corrected chi connectivity index (χ0v) is 15.3. The number of rotatable bonds is 5. The lowest BCUT2D eigenvalue weighted by atomic mass is 10.1. The fraction of sp³-hybridized carbons (Fsp3) is 0.556.